The van der Waals surface area contributed by atoms with Crippen LogP contribution >= 0.6 is 0 Å². The van der Waals surface area contributed by atoms with E-state index in [2.05, 4.69) is 20.7 Å². The molecule has 1 unspecified atom stereocenters. The van der Waals surface area contributed by atoms with Gasteiger partial charge in [-0.15, -0.1) is 0 Å². The van der Waals surface area contributed by atoms with Gasteiger partial charge in [0.2, 0.25) is 5.96 Å². The first kappa shape index (κ1) is 13.4. The van der Waals surface area contributed by atoms with Crippen molar-refractivity contribution >= 4 is 5.96 Å². The summed E-state index contributed by atoms with van der Waals surface area (Å²) in [5.74, 6) is 5.93. The Morgan fingerprint density at radius 1 is 1.53 bits per heavy atom. The third-order valence-electron chi connectivity index (χ3n) is 2.11. The Morgan fingerprint density at radius 2 is 2.24 bits per heavy atom. The minimum Gasteiger partial charge on any atom is -0.383 e. The highest BCUT2D eigenvalue weighted by molar-refractivity contribution is 5.79. The number of pyridine rings is 1. The maximum Gasteiger partial charge on any atom is 0.206 e. The fraction of sp³-hybridized carbons (Fsp3) is 0.455. The monoisotopic (exact) mass is 237 g/mol. The van der Waals surface area contributed by atoms with Gasteiger partial charge in [0.15, 0.2) is 0 Å². The van der Waals surface area contributed by atoms with Crippen LogP contribution in [-0.4, -0.2) is 30.7 Å². The summed E-state index contributed by atoms with van der Waals surface area (Å²) in [7, 11) is 1.65. The highest BCUT2D eigenvalue weighted by Gasteiger charge is 2.03. The molecule has 4 N–H and O–H groups in total. The summed E-state index contributed by atoms with van der Waals surface area (Å²) in [6.07, 6.45) is 3.47. The van der Waals surface area contributed by atoms with Gasteiger partial charge in [-0.05, 0) is 24.6 Å². The van der Waals surface area contributed by atoms with Crippen molar-refractivity contribution in [2.45, 2.75) is 19.5 Å². The molecule has 17 heavy (non-hydrogen) atoms. The van der Waals surface area contributed by atoms with Crippen LogP contribution in [-0.2, 0) is 11.3 Å². The maximum absolute atomic E-state index is 5.38. The maximum atomic E-state index is 5.38. The van der Waals surface area contributed by atoms with Gasteiger partial charge in [0, 0.05) is 25.5 Å². The Bertz CT molecular complexity index is 341. The summed E-state index contributed by atoms with van der Waals surface area (Å²) in [6.45, 7) is 3.13. The van der Waals surface area contributed by atoms with Gasteiger partial charge in [-0.25, -0.2) is 10.8 Å². The minimum absolute atomic E-state index is 0.146. The molecule has 0 spiro atoms. The van der Waals surface area contributed by atoms with E-state index in [0.29, 0.717) is 19.1 Å². The van der Waals surface area contributed by atoms with Gasteiger partial charge in [-0.3, -0.25) is 10.4 Å². The number of hydrazine groups is 1. The van der Waals surface area contributed by atoms with Crippen LogP contribution in [0.1, 0.15) is 12.5 Å². The lowest BCUT2D eigenvalue weighted by Gasteiger charge is -2.15. The predicted molar refractivity (Wildman–Crippen MR) is 67.2 cm³/mol. The number of ether oxygens (including phenoxy) is 1. The fourth-order valence-electron chi connectivity index (χ4n) is 1.32. The van der Waals surface area contributed by atoms with Crippen LogP contribution in [0.4, 0.5) is 0 Å². The second kappa shape index (κ2) is 7.59. The molecule has 1 aromatic heterocycles. The van der Waals surface area contributed by atoms with Crippen molar-refractivity contribution < 1.29 is 4.74 Å². The lowest BCUT2D eigenvalue weighted by molar-refractivity contribution is 0.179. The van der Waals surface area contributed by atoms with E-state index in [0.717, 1.165) is 5.56 Å². The normalized spacial score (nSPS) is 13.2. The average molecular weight is 237 g/mol. The molecule has 1 atom stereocenters. The van der Waals surface area contributed by atoms with E-state index in [1.54, 1.807) is 19.5 Å². The molecular formula is C11H19N5O. The van der Waals surface area contributed by atoms with E-state index >= 15 is 0 Å². The van der Waals surface area contributed by atoms with Crippen molar-refractivity contribution in [3.05, 3.63) is 30.1 Å². The molecular weight excluding hydrogens is 218 g/mol. The van der Waals surface area contributed by atoms with E-state index in [1.807, 2.05) is 19.1 Å². The van der Waals surface area contributed by atoms with Crippen molar-refractivity contribution in [3.8, 4) is 0 Å². The molecule has 0 saturated heterocycles. The summed E-state index contributed by atoms with van der Waals surface area (Å²) < 4.78 is 5.02. The van der Waals surface area contributed by atoms with E-state index < -0.39 is 0 Å². The quantitative estimate of drug-likeness (QED) is 0.291. The lowest BCUT2D eigenvalue weighted by atomic mass is 10.3. The van der Waals surface area contributed by atoms with Gasteiger partial charge < -0.3 is 10.1 Å². The number of hydrogen-bond donors (Lipinski definition) is 3. The first-order valence-electron chi connectivity index (χ1n) is 5.41. The number of aromatic nitrogens is 1. The molecule has 0 fully saturated rings. The van der Waals surface area contributed by atoms with Gasteiger partial charge in [-0.2, -0.15) is 0 Å². The highest BCUT2D eigenvalue weighted by Crippen LogP contribution is 1.97. The van der Waals surface area contributed by atoms with Crippen molar-refractivity contribution in [2.75, 3.05) is 13.7 Å². The molecule has 6 heteroatoms. The van der Waals surface area contributed by atoms with E-state index in [4.69, 9.17) is 10.6 Å². The molecule has 0 bridgehead atoms. The van der Waals surface area contributed by atoms with Crippen LogP contribution in [0.2, 0.25) is 0 Å². The average Bonchev–Trinajstić information content (AvgIpc) is 2.36. The Labute approximate surface area is 101 Å². The topological polar surface area (TPSA) is 84.6 Å². The summed E-state index contributed by atoms with van der Waals surface area (Å²) in [4.78, 5) is 8.27. The third kappa shape index (κ3) is 5.28. The number of methoxy groups -OCH3 is 1. The van der Waals surface area contributed by atoms with Crippen molar-refractivity contribution in [2.24, 2.45) is 10.8 Å². The van der Waals surface area contributed by atoms with Crippen LogP contribution in [0.15, 0.2) is 29.5 Å². The second-order valence-corrected chi connectivity index (χ2v) is 3.67. The number of aliphatic imine (C=N–C) groups is 1. The van der Waals surface area contributed by atoms with E-state index in [-0.39, 0.29) is 6.04 Å². The molecule has 0 aliphatic heterocycles. The third-order valence-corrected chi connectivity index (χ3v) is 2.11. The largest absolute Gasteiger partial charge is 0.383 e. The molecule has 0 saturated carbocycles. The van der Waals surface area contributed by atoms with Gasteiger partial charge in [0.05, 0.1) is 13.2 Å². The Balaban J connectivity index is 2.49. The number of nitrogens with zero attached hydrogens (tertiary/aromatic N) is 2. The molecule has 6 nitrogen and oxygen atoms in total. The lowest BCUT2D eigenvalue weighted by Crippen LogP contribution is -2.46. The number of nitrogens with one attached hydrogen (secondary N) is 2. The van der Waals surface area contributed by atoms with Crippen LogP contribution < -0.4 is 16.6 Å². The summed E-state index contributed by atoms with van der Waals surface area (Å²) in [6, 6.07) is 3.97. The van der Waals surface area contributed by atoms with E-state index in [9.17, 15) is 0 Å². The van der Waals surface area contributed by atoms with Gasteiger partial charge >= 0.3 is 0 Å². The number of rotatable bonds is 5. The highest BCUT2D eigenvalue weighted by atomic mass is 16.5. The minimum atomic E-state index is 0.146. The van der Waals surface area contributed by atoms with Crippen molar-refractivity contribution in [3.63, 3.8) is 0 Å². The predicted octanol–water partition coefficient (Wildman–Crippen LogP) is 0.0254. The summed E-state index contributed by atoms with van der Waals surface area (Å²) >= 11 is 0. The smallest absolute Gasteiger partial charge is 0.206 e. The van der Waals surface area contributed by atoms with Crippen molar-refractivity contribution in [1.29, 1.82) is 0 Å². The molecule has 0 aromatic carbocycles. The molecule has 1 aromatic rings. The number of nitrogens with two attached hydrogens (primary N) is 1. The first-order chi connectivity index (χ1) is 8.26. The zero-order valence-electron chi connectivity index (χ0n) is 10.2. The SMILES string of the molecule is COCC(C)NC(=NCc1ccncc1)NN. The van der Waals surface area contributed by atoms with Crippen LogP contribution in [0.5, 0.6) is 0 Å². The Kier molecular flexibility index (Phi) is 5.98. The molecule has 0 radical (unpaired) electrons. The zero-order chi connectivity index (χ0) is 12.5. The fourth-order valence-corrected chi connectivity index (χ4v) is 1.32. The van der Waals surface area contributed by atoms with Crippen LogP contribution in [0.3, 0.4) is 0 Å². The molecule has 1 rings (SSSR count). The molecule has 0 amide bonds. The van der Waals surface area contributed by atoms with Gasteiger partial charge in [0.25, 0.3) is 0 Å². The number of guanidine groups is 1. The van der Waals surface area contributed by atoms with Gasteiger partial charge in [-0.1, -0.05) is 0 Å². The summed E-state index contributed by atoms with van der Waals surface area (Å²) in [5.41, 5.74) is 3.61. The van der Waals surface area contributed by atoms with Gasteiger partial charge in [0.1, 0.15) is 0 Å². The Morgan fingerprint density at radius 3 is 2.82 bits per heavy atom. The van der Waals surface area contributed by atoms with Crippen molar-refractivity contribution in [1.82, 2.24) is 15.7 Å². The molecule has 0 aliphatic carbocycles. The standard InChI is InChI=1S/C11H19N5O/c1-9(8-17-2)15-11(16-12)14-7-10-3-5-13-6-4-10/h3-6,9H,7-8,12H2,1-2H3,(H2,14,15,16). The zero-order valence-corrected chi connectivity index (χ0v) is 10.2. The molecule has 0 aliphatic rings. The van der Waals surface area contributed by atoms with Crippen LogP contribution in [0.25, 0.3) is 0 Å². The summed E-state index contributed by atoms with van der Waals surface area (Å²) in [5, 5.41) is 3.11. The Hall–Kier alpha value is -1.66. The van der Waals surface area contributed by atoms with E-state index in [1.165, 1.54) is 0 Å². The first-order valence-corrected chi connectivity index (χ1v) is 5.41. The number of hydrogen-bond acceptors (Lipinski definition) is 4. The molecule has 94 valence electrons. The second-order valence-electron chi connectivity index (χ2n) is 3.67. The molecule has 1 heterocycles. The van der Waals surface area contributed by atoms with Crippen LogP contribution in [0, 0.1) is 0 Å².